The second-order valence-corrected chi connectivity index (χ2v) is 13.3. The number of hydrogen-bond acceptors (Lipinski definition) is 5. The summed E-state index contributed by atoms with van der Waals surface area (Å²) in [5.74, 6) is -0.626. The van der Waals surface area contributed by atoms with E-state index in [1.807, 2.05) is 6.92 Å². The van der Waals surface area contributed by atoms with Crippen LogP contribution in [0.15, 0.2) is 71.6 Å². The Hall–Kier alpha value is -3.27. The third-order valence-corrected chi connectivity index (χ3v) is 10.1. The number of rotatable bonds is 12. The largest absolute Gasteiger partial charge is 0.492 e. The topological polar surface area (TPSA) is 96.0 Å². The number of amides is 2. The van der Waals surface area contributed by atoms with Gasteiger partial charge in [0.05, 0.1) is 17.2 Å². The molecule has 0 spiro atoms. The van der Waals surface area contributed by atoms with Crippen molar-refractivity contribution in [3.8, 4) is 5.75 Å². The highest BCUT2D eigenvalue weighted by molar-refractivity contribution is 7.92. The number of sulfonamides is 1. The zero-order valence-electron chi connectivity index (χ0n) is 24.6. The zero-order valence-corrected chi connectivity index (χ0v) is 26.9. The first-order chi connectivity index (χ1) is 20.5. The highest BCUT2D eigenvalue weighted by atomic mass is 35.5. The lowest BCUT2D eigenvalue weighted by Crippen LogP contribution is -2.52. The van der Waals surface area contributed by atoms with Crippen LogP contribution in [0.25, 0.3) is 0 Å². The van der Waals surface area contributed by atoms with Crippen LogP contribution in [0.3, 0.4) is 0 Å². The van der Waals surface area contributed by atoms with Gasteiger partial charge in [-0.25, -0.2) is 8.42 Å². The molecule has 230 valence electrons. The average molecular weight is 647 g/mol. The molecule has 11 heteroatoms. The van der Waals surface area contributed by atoms with Gasteiger partial charge in [-0.15, -0.1) is 0 Å². The summed E-state index contributed by atoms with van der Waals surface area (Å²) < 4.78 is 35.1. The molecule has 1 N–H and O–H groups in total. The number of anilines is 1. The number of para-hydroxylation sites is 2. The van der Waals surface area contributed by atoms with Crippen molar-refractivity contribution in [2.75, 3.05) is 17.5 Å². The molecule has 43 heavy (non-hydrogen) atoms. The summed E-state index contributed by atoms with van der Waals surface area (Å²) in [5, 5.41) is 3.72. The number of hydrogen-bond donors (Lipinski definition) is 1. The molecule has 4 rings (SSSR count). The van der Waals surface area contributed by atoms with Crippen LogP contribution in [-0.4, -0.2) is 50.4 Å². The van der Waals surface area contributed by atoms with E-state index in [1.54, 1.807) is 68.4 Å². The number of carbonyl (C=O) groups excluding carboxylic acids is 2. The molecular formula is C32H37Cl2N3O5S. The quantitative estimate of drug-likeness (QED) is 0.247. The van der Waals surface area contributed by atoms with Crippen molar-refractivity contribution in [1.29, 1.82) is 0 Å². The summed E-state index contributed by atoms with van der Waals surface area (Å²) in [5.41, 5.74) is 1.56. The van der Waals surface area contributed by atoms with Crippen LogP contribution < -0.4 is 14.4 Å². The number of benzene rings is 3. The van der Waals surface area contributed by atoms with Crippen molar-refractivity contribution in [2.24, 2.45) is 0 Å². The van der Waals surface area contributed by atoms with Crippen LogP contribution >= 0.6 is 23.2 Å². The van der Waals surface area contributed by atoms with E-state index in [-0.39, 0.29) is 29.1 Å². The van der Waals surface area contributed by atoms with Crippen LogP contribution in [0.5, 0.6) is 5.75 Å². The predicted molar refractivity (Wildman–Crippen MR) is 170 cm³/mol. The van der Waals surface area contributed by atoms with Gasteiger partial charge >= 0.3 is 0 Å². The van der Waals surface area contributed by atoms with Crippen molar-refractivity contribution in [3.05, 3.63) is 87.9 Å². The van der Waals surface area contributed by atoms with Crippen molar-refractivity contribution in [3.63, 3.8) is 0 Å². The van der Waals surface area contributed by atoms with Gasteiger partial charge in [0, 0.05) is 28.2 Å². The van der Waals surface area contributed by atoms with E-state index in [4.69, 9.17) is 27.9 Å². The van der Waals surface area contributed by atoms with Crippen molar-refractivity contribution in [2.45, 2.75) is 70.0 Å². The third kappa shape index (κ3) is 7.82. The molecule has 0 heterocycles. The zero-order chi connectivity index (χ0) is 31.1. The average Bonchev–Trinajstić information content (AvgIpc) is 3.49. The molecular weight excluding hydrogens is 609 g/mol. The summed E-state index contributed by atoms with van der Waals surface area (Å²) in [6.07, 6.45) is 3.81. The number of nitrogens with zero attached hydrogens (tertiary/aromatic N) is 2. The second kappa shape index (κ2) is 14.5. The Labute approximate surface area is 264 Å². The number of nitrogens with one attached hydrogen (secondary N) is 1. The van der Waals surface area contributed by atoms with Gasteiger partial charge in [-0.1, -0.05) is 71.9 Å². The van der Waals surface area contributed by atoms with E-state index < -0.39 is 28.5 Å². The number of halogens is 2. The van der Waals surface area contributed by atoms with Crippen molar-refractivity contribution < 1.29 is 22.7 Å². The Bertz CT molecular complexity index is 1520. The molecule has 1 aliphatic carbocycles. The molecule has 1 fully saturated rings. The van der Waals surface area contributed by atoms with Gasteiger partial charge in [-0.2, -0.15) is 0 Å². The molecule has 0 bridgehead atoms. The van der Waals surface area contributed by atoms with Crippen LogP contribution in [0.4, 0.5) is 5.69 Å². The summed E-state index contributed by atoms with van der Waals surface area (Å²) >= 11 is 13.0. The Morgan fingerprint density at radius 3 is 2.23 bits per heavy atom. The minimum absolute atomic E-state index is 0.0184. The minimum Gasteiger partial charge on any atom is -0.492 e. The SMILES string of the molecule is CCOc1ccccc1N(CC(=O)N(Cc1c(Cl)cccc1Cl)[C@H](C)C(=O)NC1CCCC1)S(=O)(=O)c1ccc(C)cc1. The predicted octanol–water partition coefficient (Wildman–Crippen LogP) is 6.37. The van der Waals surface area contributed by atoms with E-state index in [2.05, 4.69) is 5.32 Å². The first-order valence-corrected chi connectivity index (χ1v) is 16.6. The molecule has 8 nitrogen and oxygen atoms in total. The van der Waals surface area contributed by atoms with Gasteiger partial charge in [-0.05, 0) is 70.0 Å². The Morgan fingerprint density at radius 2 is 1.60 bits per heavy atom. The van der Waals surface area contributed by atoms with E-state index >= 15 is 0 Å². The molecule has 0 unspecified atom stereocenters. The second-order valence-electron chi connectivity index (χ2n) is 10.6. The minimum atomic E-state index is -4.24. The molecule has 3 aromatic carbocycles. The normalized spacial score (nSPS) is 14.3. The van der Waals surface area contributed by atoms with Crippen LogP contribution in [0.1, 0.15) is 50.7 Å². The Balaban J connectivity index is 1.75. The maximum absolute atomic E-state index is 14.3. The van der Waals surface area contributed by atoms with Crippen LogP contribution in [0, 0.1) is 6.92 Å². The molecule has 2 amide bonds. The van der Waals surface area contributed by atoms with Crippen LogP contribution in [0.2, 0.25) is 10.0 Å². The highest BCUT2D eigenvalue weighted by Gasteiger charge is 2.35. The Morgan fingerprint density at radius 1 is 0.977 bits per heavy atom. The van der Waals surface area contributed by atoms with Gasteiger partial charge in [0.15, 0.2) is 0 Å². The molecule has 1 aliphatic rings. The molecule has 0 saturated heterocycles. The monoisotopic (exact) mass is 645 g/mol. The standard InChI is InChI=1S/C32H37Cl2N3O5S/c1-4-42-30-15-8-7-14-29(30)37(43(40,41)25-18-16-22(2)17-19-25)21-31(38)36(20-26-27(33)12-9-13-28(26)34)23(3)32(39)35-24-10-5-6-11-24/h7-9,12-19,23-24H,4-6,10-11,20-21H2,1-3H3,(H,35,39)/t23-/m1/s1. The summed E-state index contributed by atoms with van der Waals surface area (Å²) in [4.78, 5) is 29.0. The molecule has 0 aromatic heterocycles. The maximum atomic E-state index is 14.3. The summed E-state index contributed by atoms with van der Waals surface area (Å²) in [6.45, 7) is 4.88. The number of aryl methyl sites for hydroxylation is 1. The van der Waals surface area contributed by atoms with E-state index in [0.717, 1.165) is 35.6 Å². The van der Waals surface area contributed by atoms with E-state index in [9.17, 15) is 18.0 Å². The molecule has 3 aromatic rings. The highest BCUT2D eigenvalue weighted by Crippen LogP contribution is 2.33. The molecule has 1 saturated carbocycles. The summed E-state index contributed by atoms with van der Waals surface area (Å²) in [6, 6.07) is 17.2. The van der Waals surface area contributed by atoms with E-state index in [0.29, 0.717) is 28.0 Å². The fraction of sp³-hybridized carbons (Fsp3) is 0.375. The summed E-state index contributed by atoms with van der Waals surface area (Å²) in [7, 11) is -4.24. The first kappa shape index (κ1) is 32.6. The van der Waals surface area contributed by atoms with Crippen molar-refractivity contribution in [1.82, 2.24) is 10.2 Å². The van der Waals surface area contributed by atoms with Gasteiger partial charge in [0.1, 0.15) is 18.3 Å². The van der Waals surface area contributed by atoms with Crippen LogP contribution in [-0.2, 0) is 26.2 Å². The van der Waals surface area contributed by atoms with Gasteiger partial charge < -0.3 is 15.0 Å². The molecule has 0 radical (unpaired) electrons. The van der Waals surface area contributed by atoms with Gasteiger partial charge in [0.2, 0.25) is 11.8 Å². The van der Waals surface area contributed by atoms with Gasteiger partial charge in [0.25, 0.3) is 10.0 Å². The van der Waals surface area contributed by atoms with Gasteiger partial charge in [-0.3, -0.25) is 13.9 Å². The first-order valence-electron chi connectivity index (χ1n) is 14.4. The maximum Gasteiger partial charge on any atom is 0.264 e. The number of ether oxygens (including phenoxy) is 1. The third-order valence-electron chi connectivity index (χ3n) is 7.58. The smallest absolute Gasteiger partial charge is 0.264 e. The molecule has 1 atom stereocenters. The lowest BCUT2D eigenvalue weighted by Gasteiger charge is -2.33. The van der Waals surface area contributed by atoms with E-state index in [1.165, 1.54) is 17.0 Å². The lowest BCUT2D eigenvalue weighted by atomic mass is 10.1. The fourth-order valence-corrected chi connectivity index (χ4v) is 7.06. The lowest BCUT2D eigenvalue weighted by molar-refractivity contribution is -0.139. The number of carbonyl (C=O) groups is 2. The van der Waals surface area contributed by atoms with Crippen molar-refractivity contribution >= 4 is 50.7 Å². The Kier molecular flexibility index (Phi) is 11.0. The molecule has 0 aliphatic heterocycles. The fourth-order valence-electron chi connectivity index (χ4n) is 5.12.